The van der Waals surface area contributed by atoms with Crippen molar-refractivity contribution < 1.29 is 18.7 Å². The van der Waals surface area contributed by atoms with Crippen molar-refractivity contribution in [2.75, 3.05) is 25.1 Å². The zero-order chi connectivity index (χ0) is 23.4. The van der Waals surface area contributed by atoms with E-state index in [4.69, 9.17) is 4.74 Å². The number of carbonyl (C=O) groups excluding carboxylic acids is 2. The molecule has 2 amide bonds. The van der Waals surface area contributed by atoms with Crippen LogP contribution in [0.1, 0.15) is 11.3 Å². The predicted octanol–water partition coefficient (Wildman–Crippen LogP) is 4.36. The lowest BCUT2D eigenvalue weighted by molar-refractivity contribution is -0.128. The Labute approximate surface area is 198 Å². The minimum absolute atomic E-state index is 0.0647. The maximum atomic E-state index is 13.9. The molecular weight excluding hydrogens is 455 g/mol. The molecule has 4 aromatic rings. The number of pyridine rings is 1. The summed E-state index contributed by atoms with van der Waals surface area (Å²) in [6, 6.07) is 12.3. The Morgan fingerprint density at radius 2 is 2.03 bits per heavy atom. The highest BCUT2D eigenvalue weighted by atomic mass is 32.1. The van der Waals surface area contributed by atoms with Crippen molar-refractivity contribution in [2.45, 2.75) is 12.0 Å². The molecule has 2 aliphatic heterocycles. The van der Waals surface area contributed by atoms with E-state index in [0.29, 0.717) is 11.1 Å². The van der Waals surface area contributed by atoms with Crippen molar-refractivity contribution in [3.05, 3.63) is 77.4 Å². The number of likely N-dealkylation sites (tertiary alicyclic amines) is 1. The van der Waals surface area contributed by atoms with Gasteiger partial charge in [0, 0.05) is 42.1 Å². The second-order valence-corrected chi connectivity index (χ2v) is 9.38. The number of amides is 2. The lowest BCUT2D eigenvalue weighted by Gasteiger charge is -2.45. The zero-order valence-electron chi connectivity index (χ0n) is 18.2. The Kier molecular flexibility index (Phi) is 4.63. The fourth-order valence-electron chi connectivity index (χ4n) is 5.04. The van der Waals surface area contributed by atoms with E-state index >= 15 is 0 Å². The number of halogens is 1. The van der Waals surface area contributed by atoms with Gasteiger partial charge in [-0.05, 0) is 29.1 Å². The van der Waals surface area contributed by atoms with Gasteiger partial charge in [0.1, 0.15) is 11.2 Å². The highest BCUT2D eigenvalue weighted by Gasteiger charge is 2.59. The second-order valence-electron chi connectivity index (χ2n) is 8.49. The summed E-state index contributed by atoms with van der Waals surface area (Å²) in [5.74, 6) is -0.395. The Morgan fingerprint density at radius 1 is 1.21 bits per heavy atom. The Bertz CT molecular complexity index is 1450. The minimum Gasteiger partial charge on any atom is -0.453 e. The number of aromatic nitrogens is 2. The van der Waals surface area contributed by atoms with Gasteiger partial charge in [0.05, 0.1) is 29.7 Å². The van der Waals surface area contributed by atoms with Crippen LogP contribution < -0.4 is 4.90 Å². The summed E-state index contributed by atoms with van der Waals surface area (Å²) in [4.78, 5) is 38.8. The molecule has 34 heavy (non-hydrogen) atoms. The normalized spacial score (nSPS) is 16.1. The van der Waals surface area contributed by atoms with Crippen molar-refractivity contribution in [1.29, 1.82) is 0 Å². The summed E-state index contributed by atoms with van der Waals surface area (Å²) in [6.45, 7) is 0.798. The molecule has 0 aliphatic carbocycles. The molecule has 2 aromatic heterocycles. The van der Waals surface area contributed by atoms with Crippen LogP contribution in [-0.2, 0) is 21.5 Å². The van der Waals surface area contributed by atoms with E-state index in [2.05, 4.69) is 9.97 Å². The number of anilines is 1. The topological polar surface area (TPSA) is 75.6 Å². The summed E-state index contributed by atoms with van der Waals surface area (Å²) >= 11 is 1.47. The molecule has 0 saturated carbocycles. The standard InChI is InChI=1S/C25H19FN4O3S/c1-33-24(32)29-12-25(13-29)18-4-2-3-5-20(18)30(23(25)31)11-19-22(21-10-27-14-34-21)17-7-6-16(26)8-15(17)9-28-19/h2-10,14H,11-13H2,1H3. The summed E-state index contributed by atoms with van der Waals surface area (Å²) in [5, 5.41) is 1.54. The summed E-state index contributed by atoms with van der Waals surface area (Å²) in [6.07, 6.45) is 2.96. The number of para-hydroxylation sites is 1. The Balaban J connectivity index is 1.44. The molecule has 0 radical (unpaired) electrons. The zero-order valence-corrected chi connectivity index (χ0v) is 19.0. The first-order valence-electron chi connectivity index (χ1n) is 10.7. The van der Waals surface area contributed by atoms with Gasteiger partial charge in [0.15, 0.2) is 0 Å². The highest BCUT2D eigenvalue weighted by molar-refractivity contribution is 7.13. The second kappa shape index (κ2) is 7.59. The van der Waals surface area contributed by atoms with Crippen LogP contribution in [0.5, 0.6) is 0 Å². The van der Waals surface area contributed by atoms with Gasteiger partial charge in [-0.15, -0.1) is 11.3 Å². The molecule has 0 unspecified atom stereocenters. The fourth-order valence-corrected chi connectivity index (χ4v) is 5.74. The molecule has 4 heterocycles. The number of benzene rings is 2. The first kappa shape index (κ1) is 20.7. The van der Waals surface area contributed by atoms with Gasteiger partial charge in [0.2, 0.25) is 5.91 Å². The number of nitrogens with zero attached hydrogens (tertiary/aromatic N) is 4. The quantitative estimate of drug-likeness (QED) is 0.441. The maximum Gasteiger partial charge on any atom is 0.409 e. The monoisotopic (exact) mass is 474 g/mol. The van der Waals surface area contributed by atoms with Gasteiger partial charge >= 0.3 is 6.09 Å². The summed E-state index contributed by atoms with van der Waals surface area (Å²) in [5.41, 5.74) is 4.22. The first-order valence-corrected chi connectivity index (χ1v) is 11.6. The van der Waals surface area contributed by atoms with Crippen molar-refractivity contribution in [3.8, 4) is 10.4 Å². The van der Waals surface area contributed by atoms with E-state index in [9.17, 15) is 14.0 Å². The van der Waals surface area contributed by atoms with Gasteiger partial charge < -0.3 is 14.5 Å². The number of thiazole rings is 1. The predicted molar refractivity (Wildman–Crippen MR) is 126 cm³/mol. The lowest BCUT2D eigenvalue weighted by atomic mass is 9.75. The molecule has 0 bridgehead atoms. The molecular formula is C25H19FN4O3S. The molecule has 9 heteroatoms. The van der Waals surface area contributed by atoms with Crippen LogP contribution in [0.25, 0.3) is 21.2 Å². The molecule has 7 nitrogen and oxygen atoms in total. The third-order valence-corrected chi connectivity index (χ3v) is 7.43. The SMILES string of the molecule is COC(=O)N1CC2(C1)C(=O)N(Cc1ncc3cc(F)ccc3c1-c1cncs1)c1ccccc12. The third-order valence-electron chi connectivity index (χ3n) is 6.64. The van der Waals surface area contributed by atoms with E-state index < -0.39 is 11.5 Å². The van der Waals surface area contributed by atoms with Gasteiger partial charge in [-0.3, -0.25) is 14.8 Å². The van der Waals surface area contributed by atoms with Gasteiger partial charge in [0.25, 0.3) is 0 Å². The highest BCUT2D eigenvalue weighted by Crippen LogP contribution is 2.48. The van der Waals surface area contributed by atoms with Crippen molar-refractivity contribution in [1.82, 2.24) is 14.9 Å². The molecule has 1 fully saturated rings. The Morgan fingerprint density at radius 3 is 2.79 bits per heavy atom. The smallest absolute Gasteiger partial charge is 0.409 e. The molecule has 0 atom stereocenters. The summed E-state index contributed by atoms with van der Waals surface area (Å²) < 4.78 is 18.7. The lowest BCUT2D eigenvalue weighted by Crippen LogP contribution is -2.65. The van der Waals surface area contributed by atoms with Crippen molar-refractivity contribution >= 4 is 39.8 Å². The van der Waals surface area contributed by atoms with Gasteiger partial charge in [-0.25, -0.2) is 9.18 Å². The van der Waals surface area contributed by atoms with Crippen LogP contribution in [0.4, 0.5) is 14.9 Å². The van der Waals surface area contributed by atoms with E-state index in [1.807, 2.05) is 24.3 Å². The molecule has 2 aliphatic rings. The largest absolute Gasteiger partial charge is 0.453 e. The summed E-state index contributed by atoms with van der Waals surface area (Å²) in [7, 11) is 1.34. The van der Waals surface area contributed by atoms with Crippen molar-refractivity contribution in [2.24, 2.45) is 0 Å². The van der Waals surface area contributed by atoms with Crippen LogP contribution in [0.15, 0.2) is 60.4 Å². The van der Waals surface area contributed by atoms with Crippen LogP contribution >= 0.6 is 11.3 Å². The number of ether oxygens (including phenoxy) is 1. The number of rotatable bonds is 3. The number of carbonyl (C=O) groups is 2. The molecule has 1 spiro atoms. The van der Waals surface area contributed by atoms with E-state index in [1.165, 1.54) is 35.5 Å². The fraction of sp³-hybridized carbons (Fsp3) is 0.200. The number of methoxy groups -OCH3 is 1. The first-order chi connectivity index (χ1) is 16.5. The van der Waals surface area contributed by atoms with E-state index in [-0.39, 0.29) is 31.4 Å². The maximum absolute atomic E-state index is 13.9. The average Bonchev–Trinajstić information content (AvgIpc) is 3.43. The van der Waals surface area contributed by atoms with Crippen LogP contribution in [0.3, 0.4) is 0 Å². The Hall–Kier alpha value is -3.85. The minimum atomic E-state index is -0.782. The van der Waals surface area contributed by atoms with Gasteiger partial charge in [-0.2, -0.15) is 0 Å². The average molecular weight is 475 g/mol. The van der Waals surface area contributed by atoms with Crippen molar-refractivity contribution in [3.63, 3.8) is 0 Å². The molecule has 2 aromatic carbocycles. The molecule has 6 rings (SSSR count). The van der Waals surface area contributed by atoms with Crippen LogP contribution in [0, 0.1) is 5.82 Å². The number of hydrogen-bond acceptors (Lipinski definition) is 6. The number of fused-ring (bicyclic) bond motifs is 3. The van der Waals surface area contributed by atoms with Crippen LogP contribution in [-0.4, -0.2) is 47.1 Å². The molecule has 1 saturated heterocycles. The number of hydrogen-bond donors (Lipinski definition) is 0. The third kappa shape index (κ3) is 2.93. The molecule has 170 valence electrons. The van der Waals surface area contributed by atoms with Crippen LogP contribution in [0.2, 0.25) is 0 Å². The van der Waals surface area contributed by atoms with Gasteiger partial charge in [-0.1, -0.05) is 24.3 Å². The van der Waals surface area contributed by atoms with E-state index in [1.54, 1.807) is 28.9 Å². The van der Waals surface area contributed by atoms with E-state index in [0.717, 1.165) is 27.1 Å². The molecule has 0 N–H and O–H groups in total.